The summed E-state index contributed by atoms with van der Waals surface area (Å²) in [4.78, 5) is 0. The van der Waals surface area contributed by atoms with Crippen molar-refractivity contribution >= 4 is 5.57 Å². The molecule has 0 bridgehead atoms. The van der Waals surface area contributed by atoms with Crippen LogP contribution in [0, 0.1) is 0 Å². The van der Waals surface area contributed by atoms with Crippen LogP contribution >= 0.6 is 0 Å². The first kappa shape index (κ1) is 24.9. The summed E-state index contributed by atoms with van der Waals surface area (Å²) in [5.41, 5.74) is 12.4. The summed E-state index contributed by atoms with van der Waals surface area (Å²) in [7, 11) is 0. The zero-order chi connectivity index (χ0) is 28.3. The van der Waals surface area contributed by atoms with Crippen molar-refractivity contribution in [2.75, 3.05) is 0 Å². The quantitative estimate of drug-likeness (QED) is 0.220. The molecule has 0 amide bonds. The van der Waals surface area contributed by atoms with Gasteiger partial charge in [-0.2, -0.15) is 0 Å². The van der Waals surface area contributed by atoms with Gasteiger partial charge in [-0.3, -0.25) is 0 Å². The van der Waals surface area contributed by atoms with Crippen LogP contribution in [0.2, 0.25) is 0 Å². The van der Waals surface area contributed by atoms with Gasteiger partial charge in [0, 0.05) is 16.5 Å². The molecule has 8 rings (SSSR count). The Balaban J connectivity index is 1.17. The number of ether oxygens (including phenoxy) is 2. The summed E-state index contributed by atoms with van der Waals surface area (Å²) >= 11 is 0. The number of fused-ring (bicyclic) bond motifs is 6. The first-order valence-electron chi connectivity index (χ1n) is 14.9. The molecule has 3 aliphatic rings. The summed E-state index contributed by atoms with van der Waals surface area (Å²) in [6, 6.07) is 36.8. The molecule has 204 valence electrons. The van der Waals surface area contributed by atoms with Crippen LogP contribution in [0.15, 0.2) is 121 Å². The highest BCUT2D eigenvalue weighted by Crippen LogP contribution is 2.59. The molecule has 1 aliphatic heterocycles. The van der Waals surface area contributed by atoms with Crippen molar-refractivity contribution in [2.24, 2.45) is 0 Å². The van der Waals surface area contributed by atoms with Crippen molar-refractivity contribution in [1.82, 2.24) is 0 Å². The molecule has 0 radical (unpaired) electrons. The summed E-state index contributed by atoms with van der Waals surface area (Å²) in [6.07, 6.45) is 9.70. The van der Waals surface area contributed by atoms with Gasteiger partial charge in [0.1, 0.15) is 0 Å². The second kappa shape index (κ2) is 9.63. The first-order chi connectivity index (χ1) is 20.6. The highest BCUT2D eigenvalue weighted by atomic mass is 16.6. The van der Waals surface area contributed by atoms with Gasteiger partial charge in [0.25, 0.3) is 0 Å². The fourth-order valence-electron chi connectivity index (χ4n) is 6.94. The normalized spacial score (nSPS) is 15.4. The van der Waals surface area contributed by atoms with Gasteiger partial charge in [-0.05, 0) is 75.9 Å². The van der Waals surface area contributed by atoms with E-state index in [4.69, 9.17) is 9.47 Å². The largest absolute Gasteiger partial charge is 0.449 e. The monoisotopic (exact) mass is 544 g/mol. The van der Waals surface area contributed by atoms with E-state index in [0.717, 1.165) is 53.4 Å². The van der Waals surface area contributed by atoms with Gasteiger partial charge in [-0.25, -0.2) is 0 Å². The molecule has 1 heterocycles. The zero-order valence-electron chi connectivity index (χ0n) is 24.0. The third-order valence-electron chi connectivity index (χ3n) is 9.08. The molecule has 2 heteroatoms. The number of allylic oxidation sites excluding steroid dienone is 4. The average Bonchev–Trinajstić information content (AvgIpc) is 3.27. The summed E-state index contributed by atoms with van der Waals surface area (Å²) in [5, 5.41) is 0. The number of hydrogen-bond acceptors (Lipinski definition) is 2. The Morgan fingerprint density at radius 1 is 0.667 bits per heavy atom. The standard InChI is InChI=1S/C40H32O2/c1-40(2)33-20-9-8-18-32(33)37-34(40)22-23-36-39(37)42-35-21-11-19-31(38(35)41-36)30-17-7-6-15-29(30)25-26-12-10-16-28(24-26)27-13-4-3-5-14-27/h3-4,6-13,15-24H,5,14,25H2,1-2H3. The van der Waals surface area contributed by atoms with Gasteiger partial charge in [-0.1, -0.05) is 123 Å². The van der Waals surface area contributed by atoms with Crippen molar-refractivity contribution in [3.63, 3.8) is 0 Å². The van der Waals surface area contributed by atoms with Crippen molar-refractivity contribution in [1.29, 1.82) is 0 Å². The smallest absolute Gasteiger partial charge is 0.178 e. The van der Waals surface area contributed by atoms with E-state index in [-0.39, 0.29) is 5.41 Å². The summed E-state index contributed by atoms with van der Waals surface area (Å²) in [5.74, 6) is 3.11. The molecular weight excluding hydrogens is 512 g/mol. The lowest BCUT2D eigenvalue weighted by atomic mass is 9.82. The van der Waals surface area contributed by atoms with Crippen LogP contribution in [0.3, 0.4) is 0 Å². The predicted octanol–water partition coefficient (Wildman–Crippen LogP) is 10.9. The topological polar surface area (TPSA) is 18.5 Å². The van der Waals surface area contributed by atoms with E-state index < -0.39 is 0 Å². The van der Waals surface area contributed by atoms with Crippen LogP contribution in [0.25, 0.3) is 27.8 Å². The second-order valence-corrected chi connectivity index (χ2v) is 12.0. The maximum atomic E-state index is 6.74. The maximum absolute atomic E-state index is 6.74. The number of rotatable bonds is 4. The lowest BCUT2D eigenvalue weighted by Crippen LogP contribution is -2.15. The van der Waals surface area contributed by atoms with E-state index in [1.165, 1.54) is 44.5 Å². The molecule has 2 nitrogen and oxygen atoms in total. The van der Waals surface area contributed by atoms with Crippen LogP contribution in [0.4, 0.5) is 0 Å². The van der Waals surface area contributed by atoms with E-state index in [1.54, 1.807) is 0 Å². The Kier molecular flexibility index (Phi) is 5.72. The molecule has 0 saturated carbocycles. The maximum Gasteiger partial charge on any atom is 0.178 e. The van der Waals surface area contributed by atoms with Gasteiger partial charge in [0.2, 0.25) is 0 Å². The molecule has 0 unspecified atom stereocenters. The van der Waals surface area contributed by atoms with Gasteiger partial charge in [0.15, 0.2) is 23.0 Å². The molecule has 0 fully saturated rings. The third-order valence-corrected chi connectivity index (χ3v) is 9.08. The molecule has 5 aromatic rings. The molecular formula is C40H32O2. The lowest BCUT2D eigenvalue weighted by molar-refractivity contribution is 0.361. The number of hydrogen-bond donors (Lipinski definition) is 0. The predicted molar refractivity (Wildman–Crippen MR) is 172 cm³/mol. The first-order valence-corrected chi connectivity index (χ1v) is 14.9. The van der Waals surface area contributed by atoms with Gasteiger partial charge in [0.05, 0.1) is 0 Å². The molecule has 42 heavy (non-hydrogen) atoms. The number of benzene rings is 5. The van der Waals surface area contributed by atoms with Crippen molar-refractivity contribution in [2.45, 2.75) is 38.5 Å². The Morgan fingerprint density at radius 3 is 2.31 bits per heavy atom. The third kappa shape index (κ3) is 3.94. The van der Waals surface area contributed by atoms with Crippen molar-refractivity contribution < 1.29 is 9.47 Å². The Hall–Kier alpha value is -4.82. The van der Waals surface area contributed by atoms with Gasteiger partial charge in [-0.15, -0.1) is 0 Å². The van der Waals surface area contributed by atoms with E-state index in [9.17, 15) is 0 Å². The molecule has 0 aromatic heterocycles. The van der Waals surface area contributed by atoms with Gasteiger partial charge < -0.3 is 9.47 Å². The SMILES string of the molecule is CC1(C)c2ccccc2-c2c1ccc1c2Oc2cccc(-c3ccccc3Cc3cccc(C4=CC=CCC4)c3)c2O1. The highest BCUT2D eigenvalue weighted by molar-refractivity contribution is 5.89. The van der Waals surface area contributed by atoms with Crippen LogP contribution in [0.1, 0.15) is 54.5 Å². The molecule has 2 aliphatic carbocycles. The van der Waals surface area contributed by atoms with E-state index in [2.05, 4.69) is 129 Å². The van der Waals surface area contributed by atoms with Crippen LogP contribution < -0.4 is 9.47 Å². The van der Waals surface area contributed by atoms with Gasteiger partial charge >= 0.3 is 0 Å². The fourth-order valence-corrected chi connectivity index (χ4v) is 6.94. The minimum Gasteiger partial charge on any atom is -0.449 e. The molecule has 0 spiro atoms. The molecule has 0 saturated heterocycles. The Morgan fingerprint density at radius 2 is 1.43 bits per heavy atom. The van der Waals surface area contributed by atoms with Crippen LogP contribution in [-0.4, -0.2) is 0 Å². The van der Waals surface area contributed by atoms with Crippen molar-refractivity contribution in [3.8, 4) is 45.3 Å². The highest BCUT2D eigenvalue weighted by Gasteiger charge is 2.39. The number of para-hydroxylation sites is 1. The van der Waals surface area contributed by atoms with E-state index in [1.807, 2.05) is 6.07 Å². The minimum absolute atomic E-state index is 0.0904. The minimum atomic E-state index is -0.0904. The molecule has 0 N–H and O–H groups in total. The van der Waals surface area contributed by atoms with Crippen molar-refractivity contribution in [3.05, 3.63) is 149 Å². The van der Waals surface area contributed by atoms with E-state index >= 15 is 0 Å². The Bertz CT molecular complexity index is 1940. The fraction of sp³-hybridized carbons (Fsp3) is 0.150. The molecule has 5 aromatic carbocycles. The second-order valence-electron chi connectivity index (χ2n) is 12.0. The zero-order valence-corrected chi connectivity index (χ0v) is 24.0. The Labute approximate surface area is 247 Å². The lowest BCUT2D eigenvalue weighted by Gasteiger charge is -2.27. The summed E-state index contributed by atoms with van der Waals surface area (Å²) in [6.45, 7) is 4.57. The average molecular weight is 545 g/mol. The van der Waals surface area contributed by atoms with Crippen LogP contribution in [0.5, 0.6) is 23.0 Å². The summed E-state index contributed by atoms with van der Waals surface area (Å²) < 4.78 is 13.5. The molecule has 0 atom stereocenters. The van der Waals surface area contributed by atoms with E-state index in [0.29, 0.717) is 0 Å². The van der Waals surface area contributed by atoms with Crippen LogP contribution in [-0.2, 0) is 11.8 Å².